The summed E-state index contributed by atoms with van der Waals surface area (Å²) in [6.45, 7) is 6.73. The summed E-state index contributed by atoms with van der Waals surface area (Å²) in [7, 11) is 0. The molecule has 0 saturated carbocycles. The number of carbonyl (C=O) groups excluding carboxylic acids is 1. The normalized spacial score (nSPS) is 15.1. The Bertz CT molecular complexity index is 980. The Balaban J connectivity index is 0.00000256. The summed E-state index contributed by atoms with van der Waals surface area (Å²) < 4.78 is 0. The molecule has 1 aliphatic rings. The quantitative estimate of drug-likeness (QED) is 0.619. The first-order valence-corrected chi connectivity index (χ1v) is 10.2. The van der Waals surface area contributed by atoms with Gasteiger partial charge in [0.1, 0.15) is 11.5 Å². The highest BCUT2D eigenvalue weighted by Crippen LogP contribution is 2.18. The van der Waals surface area contributed by atoms with Crippen molar-refractivity contribution in [1.29, 1.82) is 0 Å². The van der Waals surface area contributed by atoms with Crippen LogP contribution in [0.5, 0.6) is 0 Å². The van der Waals surface area contributed by atoms with E-state index in [9.17, 15) is 4.79 Å². The minimum atomic E-state index is -0.0713. The molecule has 3 aromatic rings. The third-order valence-electron chi connectivity index (χ3n) is 5.38. The van der Waals surface area contributed by atoms with Crippen LogP contribution in [0.2, 0.25) is 0 Å². The van der Waals surface area contributed by atoms with Crippen molar-refractivity contribution in [3.63, 3.8) is 0 Å². The Kier molecular flexibility index (Phi) is 5.96. The fraction of sp³-hybridized carbons (Fsp3) is 0.292. The van der Waals surface area contributed by atoms with Gasteiger partial charge in [0.05, 0.1) is 0 Å². The lowest BCUT2D eigenvalue weighted by Gasteiger charge is -2.23. The van der Waals surface area contributed by atoms with Crippen molar-refractivity contribution in [1.82, 2.24) is 14.9 Å². The van der Waals surface area contributed by atoms with Gasteiger partial charge in [-0.15, -0.1) is 0 Å². The van der Waals surface area contributed by atoms with Crippen LogP contribution in [-0.4, -0.2) is 46.8 Å². The van der Waals surface area contributed by atoms with Crippen LogP contribution >= 0.6 is 0 Å². The third kappa shape index (κ3) is 4.69. The lowest BCUT2D eigenvalue weighted by Crippen LogP contribution is -2.31. The molecule has 4 rings (SSSR count). The van der Waals surface area contributed by atoms with E-state index < -0.39 is 0 Å². The molecule has 2 aromatic heterocycles. The van der Waals surface area contributed by atoms with Crippen LogP contribution in [-0.2, 0) is 6.54 Å². The van der Waals surface area contributed by atoms with Crippen LogP contribution in [0.15, 0.2) is 66.9 Å². The van der Waals surface area contributed by atoms with Crippen molar-refractivity contribution in [2.24, 2.45) is 0 Å². The van der Waals surface area contributed by atoms with E-state index in [0.29, 0.717) is 11.3 Å². The minimum Gasteiger partial charge on any atom is -0.355 e. The molecule has 0 bridgehead atoms. The number of ketones is 1. The highest BCUT2D eigenvalue weighted by molar-refractivity contribution is 6.08. The Morgan fingerprint density at radius 1 is 0.966 bits per heavy atom. The number of benzene rings is 1. The zero-order valence-corrected chi connectivity index (χ0v) is 16.8. The van der Waals surface area contributed by atoms with Crippen LogP contribution in [0.1, 0.15) is 35.2 Å². The molecule has 1 fully saturated rings. The van der Waals surface area contributed by atoms with E-state index in [1.54, 1.807) is 18.3 Å². The Morgan fingerprint density at radius 2 is 1.83 bits per heavy atom. The lowest BCUT2D eigenvalue weighted by molar-refractivity contribution is 0.103. The molecule has 0 atom stereocenters. The molecule has 0 aliphatic carbocycles. The molecular formula is C24H28N4O. The highest BCUT2D eigenvalue weighted by Gasteiger charge is 2.19. The molecule has 150 valence electrons. The third-order valence-corrected chi connectivity index (χ3v) is 5.38. The summed E-state index contributed by atoms with van der Waals surface area (Å²) in [6, 6.07) is 19.9. The predicted octanol–water partition coefficient (Wildman–Crippen LogP) is 3.97. The van der Waals surface area contributed by atoms with Crippen LogP contribution in [0, 0.1) is 6.92 Å². The van der Waals surface area contributed by atoms with Gasteiger partial charge in [-0.25, -0.2) is 4.98 Å². The van der Waals surface area contributed by atoms with Crippen molar-refractivity contribution in [2.45, 2.75) is 19.9 Å². The van der Waals surface area contributed by atoms with Gasteiger partial charge >= 0.3 is 0 Å². The first kappa shape index (κ1) is 19.3. The molecule has 1 aromatic carbocycles. The molecule has 0 spiro atoms. The van der Waals surface area contributed by atoms with E-state index >= 15 is 0 Å². The van der Waals surface area contributed by atoms with E-state index in [1.165, 1.54) is 5.56 Å². The maximum atomic E-state index is 12.9. The topological polar surface area (TPSA) is 49.3 Å². The molecule has 1 aliphatic heterocycles. The van der Waals surface area contributed by atoms with Gasteiger partial charge in [-0.05, 0) is 43.2 Å². The van der Waals surface area contributed by atoms with Crippen LogP contribution in [0.4, 0.5) is 5.82 Å². The highest BCUT2D eigenvalue weighted by atomic mass is 16.1. The van der Waals surface area contributed by atoms with Gasteiger partial charge in [0, 0.05) is 51.6 Å². The zero-order valence-electron chi connectivity index (χ0n) is 16.8. The number of anilines is 1. The number of nitrogens with zero attached hydrogens (tertiary/aromatic N) is 4. The summed E-state index contributed by atoms with van der Waals surface area (Å²) >= 11 is 0. The van der Waals surface area contributed by atoms with Gasteiger partial charge in [-0.1, -0.05) is 36.4 Å². The first-order valence-electron chi connectivity index (χ1n) is 10.2. The summed E-state index contributed by atoms with van der Waals surface area (Å²) in [4.78, 5) is 26.6. The molecule has 0 unspecified atom stereocenters. The number of pyridine rings is 2. The molecule has 5 heteroatoms. The zero-order chi connectivity index (χ0) is 20.1. The Labute approximate surface area is 173 Å². The van der Waals surface area contributed by atoms with E-state index in [1.807, 2.05) is 25.1 Å². The summed E-state index contributed by atoms with van der Waals surface area (Å²) in [5.74, 6) is 0.803. The van der Waals surface area contributed by atoms with E-state index in [4.69, 9.17) is 4.98 Å². The lowest BCUT2D eigenvalue weighted by atomic mass is 10.1. The predicted molar refractivity (Wildman–Crippen MR) is 117 cm³/mol. The maximum Gasteiger partial charge on any atom is 0.213 e. The summed E-state index contributed by atoms with van der Waals surface area (Å²) in [6.07, 6.45) is 2.78. The van der Waals surface area contributed by atoms with Crippen molar-refractivity contribution >= 4 is 11.6 Å². The molecule has 5 nitrogen and oxygen atoms in total. The SMILES string of the molecule is Cc1ncccc1C(=O)c1cccc(N2CCCN(Cc3ccccc3)CC2)n1.[HH]. The van der Waals surface area contributed by atoms with Crippen LogP contribution in [0.25, 0.3) is 0 Å². The van der Waals surface area contributed by atoms with Crippen molar-refractivity contribution in [3.05, 3.63) is 89.4 Å². The largest absolute Gasteiger partial charge is 0.355 e. The smallest absolute Gasteiger partial charge is 0.213 e. The molecule has 0 amide bonds. The number of hydrogen-bond donors (Lipinski definition) is 0. The van der Waals surface area contributed by atoms with Gasteiger partial charge in [-0.2, -0.15) is 0 Å². The second kappa shape index (κ2) is 8.97. The molecule has 29 heavy (non-hydrogen) atoms. The van der Waals surface area contributed by atoms with Gasteiger partial charge in [0.15, 0.2) is 0 Å². The number of hydrogen-bond acceptors (Lipinski definition) is 5. The Morgan fingerprint density at radius 3 is 2.66 bits per heavy atom. The van der Waals surface area contributed by atoms with E-state index in [-0.39, 0.29) is 7.21 Å². The molecular weight excluding hydrogens is 360 g/mol. The number of aromatic nitrogens is 2. The van der Waals surface area contributed by atoms with E-state index in [2.05, 4.69) is 45.1 Å². The average molecular weight is 389 g/mol. The summed E-state index contributed by atoms with van der Waals surface area (Å²) in [5, 5.41) is 0. The first-order chi connectivity index (χ1) is 14.2. The number of rotatable bonds is 5. The monoisotopic (exact) mass is 388 g/mol. The molecule has 3 heterocycles. The fourth-order valence-electron chi connectivity index (χ4n) is 3.79. The Hall–Kier alpha value is -3.05. The molecule has 1 saturated heterocycles. The summed E-state index contributed by atoms with van der Waals surface area (Å²) in [5.41, 5.74) is 3.17. The maximum absolute atomic E-state index is 12.9. The van der Waals surface area contributed by atoms with Gasteiger partial charge < -0.3 is 4.90 Å². The number of aryl methyl sites for hydroxylation is 1. The van der Waals surface area contributed by atoms with Crippen LogP contribution in [0.3, 0.4) is 0 Å². The van der Waals surface area contributed by atoms with Crippen molar-refractivity contribution < 1.29 is 6.22 Å². The fourth-order valence-corrected chi connectivity index (χ4v) is 3.79. The molecule has 0 N–H and O–H groups in total. The second-order valence-corrected chi connectivity index (χ2v) is 7.45. The van der Waals surface area contributed by atoms with Gasteiger partial charge in [0.25, 0.3) is 0 Å². The number of carbonyl (C=O) groups is 1. The van der Waals surface area contributed by atoms with E-state index in [0.717, 1.165) is 50.7 Å². The second-order valence-electron chi connectivity index (χ2n) is 7.45. The van der Waals surface area contributed by atoms with Crippen LogP contribution < -0.4 is 4.90 Å². The van der Waals surface area contributed by atoms with Gasteiger partial charge in [0.2, 0.25) is 5.78 Å². The van der Waals surface area contributed by atoms with Crippen molar-refractivity contribution in [3.8, 4) is 0 Å². The van der Waals surface area contributed by atoms with Gasteiger partial charge in [-0.3, -0.25) is 14.7 Å². The molecule has 0 radical (unpaired) electrons. The standard InChI is InChI=1S/C24H26N4O.H2/c1-19-21(10-6-13-25-19)24(29)22-11-5-12-23(26-22)28-15-7-14-27(16-17-28)18-20-8-3-2-4-9-20;/h2-6,8-13H,7,14-18H2,1H3;1H. The minimum absolute atomic E-state index is 0. The average Bonchev–Trinajstić information content (AvgIpc) is 3.00. The van der Waals surface area contributed by atoms with Crippen molar-refractivity contribution in [2.75, 3.05) is 31.1 Å².